The fourth-order valence-electron chi connectivity index (χ4n) is 4.64. The topological polar surface area (TPSA) is 174 Å². The molecule has 11 nitrogen and oxygen atoms in total. The van der Waals surface area contributed by atoms with Gasteiger partial charge in [0.1, 0.15) is 11.6 Å². The summed E-state index contributed by atoms with van der Waals surface area (Å²) in [5.74, 6) is -0.101. The molecule has 3 aromatic heterocycles. The van der Waals surface area contributed by atoms with Crippen LogP contribution in [0.5, 0.6) is 0 Å². The standard InChI is InChI=1S/C26H22FN7O2.ClH.2H2O/c27-20-6-5-16(14-22-17-3-1-2-4-18(17)25(35)32-31-22)13-19(20)26(36)34-11-9-33(10-12-34)23-8-7-21-24(30-23)29-15-28-21;;;/h1-8,13,15H,9-12,14H2,(H,32,35)(H,28,29,30);1H;2*1H2. The van der Waals surface area contributed by atoms with Crippen LogP contribution in [0.25, 0.3) is 21.9 Å². The minimum atomic E-state index is -0.559. The van der Waals surface area contributed by atoms with Gasteiger partial charge in [-0.1, -0.05) is 24.3 Å². The summed E-state index contributed by atoms with van der Waals surface area (Å²) in [6.45, 7) is 2.08. The van der Waals surface area contributed by atoms with Crippen LogP contribution in [0.1, 0.15) is 21.6 Å². The highest BCUT2D eigenvalue weighted by Gasteiger charge is 2.25. The molecule has 6 N–H and O–H groups in total. The molecule has 1 aliphatic rings. The normalized spacial score (nSPS) is 12.9. The number of rotatable bonds is 4. The molecule has 13 heteroatoms. The number of nitrogens with one attached hydrogen (secondary N) is 2. The number of imidazole rings is 1. The molecule has 0 aliphatic carbocycles. The fraction of sp³-hybridized carbons (Fsp3) is 0.192. The highest BCUT2D eigenvalue weighted by molar-refractivity contribution is 5.95. The van der Waals surface area contributed by atoms with E-state index in [1.165, 1.54) is 6.07 Å². The Balaban J connectivity index is 0.00000140. The molecule has 1 fully saturated rings. The summed E-state index contributed by atoms with van der Waals surface area (Å²) in [5.41, 5.74) is 2.68. The van der Waals surface area contributed by atoms with Crippen LogP contribution in [0.15, 0.2) is 65.7 Å². The summed E-state index contributed by atoms with van der Waals surface area (Å²) in [7, 11) is 0. The fourth-order valence-corrected chi connectivity index (χ4v) is 4.64. The Kier molecular flexibility index (Phi) is 8.96. The molecule has 0 unspecified atom stereocenters. The van der Waals surface area contributed by atoms with Crippen molar-refractivity contribution in [1.82, 2.24) is 30.0 Å². The van der Waals surface area contributed by atoms with E-state index in [9.17, 15) is 14.0 Å². The zero-order valence-electron chi connectivity index (χ0n) is 20.6. The van der Waals surface area contributed by atoms with Gasteiger partial charge in [-0.15, -0.1) is 12.4 Å². The van der Waals surface area contributed by atoms with E-state index in [0.29, 0.717) is 49.3 Å². The Hall–Kier alpha value is -4.39. The smallest absolute Gasteiger partial charge is 0.272 e. The van der Waals surface area contributed by atoms with Crippen LogP contribution in [0.2, 0.25) is 0 Å². The SMILES string of the molecule is Cl.O.O.O=C(c1cc(Cc2n[nH]c(=O)c3ccccc23)ccc1F)N1CCN(c2ccc3[nH]cnc3n2)CC1. The molecule has 0 saturated carbocycles. The number of hydrogen-bond donors (Lipinski definition) is 2. The van der Waals surface area contributed by atoms with Crippen LogP contribution in [0.4, 0.5) is 10.2 Å². The molecule has 2 aromatic carbocycles. The molecule has 5 aromatic rings. The highest BCUT2D eigenvalue weighted by Crippen LogP contribution is 2.21. The summed E-state index contributed by atoms with van der Waals surface area (Å²) >= 11 is 0. The number of fused-ring (bicyclic) bond motifs is 2. The van der Waals surface area contributed by atoms with Crippen LogP contribution < -0.4 is 10.5 Å². The maximum atomic E-state index is 14.7. The van der Waals surface area contributed by atoms with E-state index in [1.54, 1.807) is 35.5 Å². The lowest BCUT2D eigenvalue weighted by Crippen LogP contribution is -2.49. The Morgan fingerprint density at radius 1 is 0.974 bits per heavy atom. The number of hydrogen-bond acceptors (Lipinski definition) is 6. The van der Waals surface area contributed by atoms with Gasteiger partial charge in [0.15, 0.2) is 5.65 Å². The monoisotopic (exact) mass is 555 g/mol. The predicted octanol–water partition coefficient (Wildman–Crippen LogP) is 1.66. The number of pyridine rings is 1. The predicted molar refractivity (Wildman–Crippen MR) is 148 cm³/mol. The Morgan fingerprint density at radius 2 is 1.72 bits per heavy atom. The van der Waals surface area contributed by atoms with E-state index in [1.807, 2.05) is 24.3 Å². The molecule has 0 spiro atoms. The molecule has 0 bridgehead atoms. The van der Waals surface area contributed by atoms with Crippen molar-refractivity contribution in [3.05, 3.63) is 93.9 Å². The zero-order valence-corrected chi connectivity index (χ0v) is 21.5. The highest BCUT2D eigenvalue weighted by atomic mass is 35.5. The van der Waals surface area contributed by atoms with Gasteiger partial charge in [-0.05, 0) is 35.9 Å². The van der Waals surface area contributed by atoms with Crippen LogP contribution in [0.3, 0.4) is 0 Å². The van der Waals surface area contributed by atoms with Crippen molar-refractivity contribution in [3.8, 4) is 0 Å². The van der Waals surface area contributed by atoms with Crippen LogP contribution >= 0.6 is 12.4 Å². The van der Waals surface area contributed by atoms with Crippen LogP contribution in [-0.2, 0) is 6.42 Å². The van der Waals surface area contributed by atoms with Gasteiger partial charge in [-0.3, -0.25) is 9.59 Å². The van der Waals surface area contributed by atoms with Gasteiger partial charge in [-0.25, -0.2) is 19.5 Å². The van der Waals surface area contributed by atoms with E-state index in [0.717, 1.165) is 22.3 Å². The van der Waals surface area contributed by atoms with Crippen molar-refractivity contribution in [2.45, 2.75) is 6.42 Å². The first-order chi connectivity index (χ1) is 17.6. The van der Waals surface area contributed by atoms with Crippen molar-refractivity contribution in [1.29, 1.82) is 0 Å². The second-order valence-corrected chi connectivity index (χ2v) is 8.76. The van der Waals surface area contributed by atoms with E-state index < -0.39 is 5.82 Å². The third-order valence-electron chi connectivity index (χ3n) is 6.57. The quantitative estimate of drug-likeness (QED) is 0.341. The van der Waals surface area contributed by atoms with Gasteiger partial charge in [0, 0.05) is 38.0 Å². The first-order valence-electron chi connectivity index (χ1n) is 11.7. The first-order valence-corrected chi connectivity index (χ1v) is 11.7. The van der Waals surface area contributed by atoms with Crippen LogP contribution in [-0.4, -0.2) is 73.1 Å². The Labute approximate surface area is 227 Å². The molecule has 39 heavy (non-hydrogen) atoms. The number of amides is 1. The lowest BCUT2D eigenvalue weighted by atomic mass is 10.0. The van der Waals surface area contributed by atoms with Gasteiger partial charge >= 0.3 is 0 Å². The van der Waals surface area contributed by atoms with Gasteiger partial charge in [-0.2, -0.15) is 5.10 Å². The molecule has 1 saturated heterocycles. The molecule has 0 atom stereocenters. The third kappa shape index (κ3) is 5.58. The van der Waals surface area contributed by atoms with Crippen molar-refractivity contribution < 1.29 is 20.1 Å². The lowest BCUT2D eigenvalue weighted by Gasteiger charge is -2.35. The number of aromatic nitrogens is 5. The maximum Gasteiger partial charge on any atom is 0.272 e. The van der Waals surface area contributed by atoms with Crippen LogP contribution in [0, 0.1) is 5.82 Å². The largest absolute Gasteiger partial charge is 0.412 e. The molecule has 0 radical (unpaired) electrons. The molecule has 6 rings (SSSR count). The average molecular weight is 556 g/mol. The van der Waals surface area contributed by atoms with Gasteiger partial charge in [0.25, 0.3) is 11.5 Å². The number of benzene rings is 2. The number of carbonyl (C=O) groups is 1. The third-order valence-corrected chi connectivity index (χ3v) is 6.57. The molecule has 1 aliphatic heterocycles. The summed E-state index contributed by atoms with van der Waals surface area (Å²) in [4.78, 5) is 40.9. The molecule has 204 valence electrons. The van der Waals surface area contributed by atoms with Crippen molar-refractivity contribution in [2.24, 2.45) is 0 Å². The number of piperazine rings is 1. The summed E-state index contributed by atoms with van der Waals surface area (Å²) in [6, 6.07) is 15.6. The van der Waals surface area contributed by atoms with Gasteiger partial charge in [0.2, 0.25) is 0 Å². The van der Waals surface area contributed by atoms with E-state index in [2.05, 4.69) is 30.0 Å². The average Bonchev–Trinajstić information content (AvgIpc) is 3.39. The number of halogens is 2. The number of aromatic amines is 2. The van der Waals surface area contributed by atoms with Gasteiger partial charge in [0.05, 0.1) is 28.5 Å². The number of carbonyl (C=O) groups excluding carboxylic acids is 1. The number of H-pyrrole nitrogens is 2. The first kappa shape index (κ1) is 29.2. The van der Waals surface area contributed by atoms with Crippen molar-refractivity contribution in [2.75, 3.05) is 31.1 Å². The van der Waals surface area contributed by atoms with Crippen molar-refractivity contribution in [3.63, 3.8) is 0 Å². The molecular formula is C26H27ClFN7O4. The molecule has 1 amide bonds. The minimum Gasteiger partial charge on any atom is -0.412 e. The van der Waals surface area contributed by atoms with Crippen molar-refractivity contribution >= 4 is 46.1 Å². The number of nitrogens with zero attached hydrogens (tertiary/aromatic N) is 5. The van der Waals surface area contributed by atoms with E-state index in [-0.39, 0.29) is 40.4 Å². The summed E-state index contributed by atoms with van der Waals surface area (Å²) in [5, 5.41) is 7.99. The second kappa shape index (κ2) is 12.0. The van der Waals surface area contributed by atoms with Gasteiger partial charge < -0.3 is 25.7 Å². The number of anilines is 1. The maximum absolute atomic E-state index is 14.7. The Bertz CT molecular complexity index is 1670. The molecular weight excluding hydrogens is 529 g/mol. The Morgan fingerprint density at radius 3 is 2.49 bits per heavy atom. The summed E-state index contributed by atoms with van der Waals surface area (Å²) < 4.78 is 14.7. The molecule has 4 heterocycles. The lowest BCUT2D eigenvalue weighted by molar-refractivity contribution is 0.0741. The second-order valence-electron chi connectivity index (χ2n) is 8.76. The van der Waals surface area contributed by atoms with E-state index in [4.69, 9.17) is 0 Å². The minimum absolute atomic E-state index is 0. The summed E-state index contributed by atoms with van der Waals surface area (Å²) in [6.07, 6.45) is 1.96. The van der Waals surface area contributed by atoms with E-state index >= 15 is 0 Å². The zero-order chi connectivity index (χ0) is 24.6.